The number of benzene rings is 1. The number of hydrogen-bond acceptors (Lipinski definition) is 8. The van der Waals surface area contributed by atoms with E-state index >= 15 is 0 Å². The number of fused-ring (bicyclic) bond motifs is 1. The van der Waals surface area contributed by atoms with Gasteiger partial charge < -0.3 is 23.5 Å². The lowest BCUT2D eigenvalue weighted by Crippen LogP contribution is -2.41. The Bertz CT molecular complexity index is 1070. The van der Waals surface area contributed by atoms with Crippen LogP contribution in [0, 0.1) is 5.92 Å². The van der Waals surface area contributed by atoms with Gasteiger partial charge >= 0.3 is 0 Å². The van der Waals surface area contributed by atoms with Crippen LogP contribution in [0.15, 0.2) is 28.8 Å². The molecule has 4 heterocycles. The second-order valence-electron chi connectivity index (χ2n) is 8.81. The molecule has 0 aliphatic carbocycles. The topological polar surface area (TPSA) is 69.9 Å². The fourth-order valence-corrected chi connectivity index (χ4v) is 4.73. The maximum Gasteiger partial charge on any atom is 0.220 e. The van der Waals surface area contributed by atoms with Crippen LogP contribution < -0.4 is 9.64 Å². The normalized spacial score (nSPS) is 19.8. The quantitative estimate of drug-likeness (QED) is 0.504. The smallest absolute Gasteiger partial charge is 0.220 e. The number of aromatic nitrogens is 2. The molecule has 0 spiro atoms. The highest BCUT2D eigenvalue weighted by Crippen LogP contribution is 2.28. The molecule has 170 valence electrons. The zero-order valence-corrected chi connectivity index (χ0v) is 19.4. The molecular weight excluding hydrogens is 426 g/mol. The van der Waals surface area contributed by atoms with Crippen molar-refractivity contribution in [1.82, 2.24) is 9.97 Å². The second-order valence-corrected chi connectivity index (χ2v) is 9.85. The van der Waals surface area contributed by atoms with E-state index in [1.54, 1.807) is 11.3 Å². The molecule has 0 amide bonds. The minimum absolute atomic E-state index is 0.209. The minimum atomic E-state index is -0.506. The highest BCUT2D eigenvalue weighted by atomic mass is 32.1. The molecule has 0 radical (unpaired) electrons. The summed E-state index contributed by atoms with van der Waals surface area (Å²) < 4.78 is 23.3. The fourth-order valence-electron chi connectivity index (χ4n) is 3.86. The van der Waals surface area contributed by atoms with Gasteiger partial charge in [0.25, 0.3) is 0 Å². The van der Waals surface area contributed by atoms with Crippen LogP contribution in [-0.2, 0) is 9.47 Å². The van der Waals surface area contributed by atoms with Gasteiger partial charge in [-0.05, 0) is 51.3 Å². The summed E-state index contributed by atoms with van der Waals surface area (Å²) in [4.78, 5) is 12.6. The summed E-state index contributed by atoms with van der Waals surface area (Å²) >= 11 is 1.71. The van der Waals surface area contributed by atoms with Crippen LogP contribution >= 0.6 is 11.3 Å². The Balaban J connectivity index is 1.20. The molecule has 0 unspecified atom stereocenters. The predicted octanol–water partition coefficient (Wildman–Crippen LogP) is 5.22. The van der Waals surface area contributed by atoms with E-state index in [-0.39, 0.29) is 5.92 Å². The van der Waals surface area contributed by atoms with Crippen molar-refractivity contribution in [3.05, 3.63) is 35.2 Å². The Hall–Kier alpha value is -2.42. The van der Waals surface area contributed by atoms with Crippen LogP contribution in [-0.4, -0.2) is 48.7 Å². The molecule has 2 fully saturated rings. The molecule has 0 N–H and O–H groups in total. The standard InChI is InChI=1S/C24H29N3O4S/c1-24(2)29-15-17(16-30-24)14-28-18-6-8-20-21(12-18)31-22(26-20)9-7-19-13-25-23(32-19)27-10-4-3-5-11-27/h6-9,12-13,17H,3-5,10-11,14-16H2,1-2H3. The van der Waals surface area contributed by atoms with Crippen molar-refractivity contribution < 1.29 is 18.6 Å². The van der Waals surface area contributed by atoms with Gasteiger partial charge in [-0.1, -0.05) is 11.3 Å². The van der Waals surface area contributed by atoms with Gasteiger partial charge in [-0.2, -0.15) is 0 Å². The van der Waals surface area contributed by atoms with Gasteiger partial charge in [0.15, 0.2) is 16.5 Å². The third-order valence-electron chi connectivity index (χ3n) is 5.72. The monoisotopic (exact) mass is 455 g/mol. The molecule has 32 heavy (non-hydrogen) atoms. The Labute approximate surface area is 192 Å². The van der Waals surface area contributed by atoms with E-state index in [1.807, 2.05) is 50.4 Å². The van der Waals surface area contributed by atoms with Gasteiger partial charge in [0, 0.05) is 42.2 Å². The molecule has 2 saturated heterocycles. The Morgan fingerprint density at radius 3 is 2.78 bits per heavy atom. The Kier molecular flexibility index (Phi) is 6.17. The lowest BCUT2D eigenvalue weighted by molar-refractivity contribution is -0.264. The maximum absolute atomic E-state index is 5.94. The van der Waals surface area contributed by atoms with E-state index in [1.165, 1.54) is 19.3 Å². The lowest BCUT2D eigenvalue weighted by atomic mass is 10.1. The van der Waals surface area contributed by atoms with Crippen molar-refractivity contribution >= 4 is 39.7 Å². The summed E-state index contributed by atoms with van der Waals surface area (Å²) in [5, 5.41) is 1.10. The van der Waals surface area contributed by atoms with E-state index in [0.717, 1.165) is 34.4 Å². The molecule has 0 saturated carbocycles. The zero-order chi connectivity index (χ0) is 22.0. The van der Waals surface area contributed by atoms with E-state index in [2.05, 4.69) is 14.9 Å². The molecule has 1 aromatic carbocycles. The first-order valence-corrected chi connectivity index (χ1v) is 12.1. The van der Waals surface area contributed by atoms with Crippen LogP contribution in [0.2, 0.25) is 0 Å². The first kappa shape index (κ1) is 21.4. The van der Waals surface area contributed by atoms with Crippen molar-refractivity contribution in [2.75, 3.05) is 37.8 Å². The number of rotatable bonds is 6. The van der Waals surface area contributed by atoms with E-state index in [4.69, 9.17) is 18.6 Å². The first-order valence-electron chi connectivity index (χ1n) is 11.2. The summed E-state index contributed by atoms with van der Waals surface area (Å²) in [6, 6.07) is 5.72. The van der Waals surface area contributed by atoms with Crippen molar-refractivity contribution in [2.24, 2.45) is 5.92 Å². The summed E-state index contributed by atoms with van der Waals surface area (Å²) in [6.07, 6.45) is 9.64. The molecule has 3 aromatic rings. The van der Waals surface area contributed by atoms with Gasteiger partial charge in [0.2, 0.25) is 5.89 Å². The average molecular weight is 456 g/mol. The number of ether oxygens (including phenoxy) is 3. The number of hydrogen-bond donors (Lipinski definition) is 0. The molecule has 5 rings (SSSR count). The molecule has 8 heteroatoms. The number of piperidine rings is 1. The highest BCUT2D eigenvalue weighted by Gasteiger charge is 2.28. The van der Waals surface area contributed by atoms with Crippen LogP contribution in [0.5, 0.6) is 5.75 Å². The molecule has 0 bridgehead atoms. The largest absolute Gasteiger partial charge is 0.493 e. The highest BCUT2D eigenvalue weighted by molar-refractivity contribution is 7.16. The molecular formula is C24H29N3O4S. The van der Waals surface area contributed by atoms with E-state index in [0.29, 0.717) is 31.3 Å². The number of thiazole rings is 1. The van der Waals surface area contributed by atoms with Crippen molar-refractivity contribution in [3.8, 4) is 5.75 Å². The summed E-state index contributed by atoms with van der Waals surface area (Å²) in [5.41, 5.74) is 1.51. The Morgan fingerprint density at radius 2 is 1.97 bits per heavy atom. The average Bonchev–Trinajstić information content (AvgIpc) is 3.44. The van der Waals surface area contributed by atoms with E-state index < -0.39 is 5.79 Å². The zero-order valence-electron chi connectivity index (χ0n) is 18.6. The maximum atomic E-state index is 5.94. The van der Waals surface area contributed by atoms with E-state index in [9.17, 15) is 0 Å². The van der Waals surface area contributed by atoms with Crippen LogP contribution in [0.1, 0.15) is 43.9 Å². The first-order chi connectivity index (χ1) is 15.5. The van der Waals surface area contributed by atoms with Crippen LogP contribution in [0.25, 0.3) is 23.3 Å². The third kappa shape index (κ3) is 5.14. The van der Waals surface area contributed by atoms with Gasteiger partial charge in [0.1, 0.15) is 11.3 Å². The summed E-state index contributed by atoms with van der Waals surface area (Å²) in [6.45, 7) is 7.85. The summed E-state index contributed by atoms with van der Waals surface area (Å²) in [7, 11) is 0. The molecule has 2 aliphatic heterocycles. The molecule has 0 atom stereocenters. The van der Waals surface area contributed by atoms with Gasteiger partial charge in [0.05, 0.1) is 19.8 Å². The Morgan fingerprint density at radius 1 is 1.16 bits per heavy atom. The number of oxazole rings is 1. The van der Waals surface area contributed by atoms with Gasteiger partial charge in [-0.25, -0.2) is 9.97 Å². The summed E-state index contributed by atoms with van der Waals surface area (Å²) in [5.74, 6) is 1.03. The minimum Gasteiger partial charge on any atom is -0.493 e. The second kappa shape index (κ2) is 9.21. The van der Waals surface area contributed by atoms with Crippen molar-refractivity contribution in [3.63, 3.8) is 0 Å². The predicted molar refractivity (Wildman–Crippen MR) is 126 cm³/mol. The molecule has 2 aromatic heterocycles. The SMILES string of the molecule is CC1(C)OCC(COc2ccc3nc(C=Cc4cnc(N5CCCCC5)s4)oc3c2)CO1. The number of nitrogens with zero attached hydrogens (tertiary/aromatic N) is 3. The molecule has 7 nitrogen and oxygen atoms in total. The van der Waals surface area contributed by atoms with Crippen LogP contribution in [0.4, 0.5) is 5.13 Å². The van der Waals surface area contributed by atoms with Gasteiger partial charge in [-0.3, -0.25) is 0 Å². The fraction of sp³-hybridized carbons (Fsp3) is 0.500. The third-order valence-corrected chi connectivity index (χ3v) is 6.75. The molecule has 2 aliphatic rings. The lowest BCUT2D eigenvalue weighted by Gasteiger charge is -2.34. The van der Waals surface area contributed by atoms with Crippen molar-refractivity contribution in [2.45, 2.75) is 38.9 Å². The van der Waals surface area contributed by atoms with Crippen molar-refractivity contribution in [1.29, 1.82) is 0 Å². The number of anilines is 1. The van der Waals surface area contributed by atoms with Gasteiger partial charge in [-0.15, -0.1) is 0 Å². The van der Waals surface area contributed by atoms with Crippen LogP contribution in [0.3, 0.4) is 0 Å².